The van der Waals surface area contributed by atoms with Crippen molar-refractivity contribution in [3.05, 3.63) is 53.5 Å². The number of carbonyl (C=O) groups excluding carboxylic acids is 3. The lowest BCUT2D eigenvalue weighted by molar-refractivity contribution is 0.0600. The zero-order valence-corrected chi connectivity index (χ0v) is 15.9. The second-order valence-corrected chi connectivity index (χ2v) is 6.72. The number of nitrogens with zero attached hydrogens (tertiary/aromatic N) is 2. The van der Waals surface area contributed by atoms with Gasteiger partial charge in [0.2, 0.25) is 0 Å². The number of hydrogen-bond acceptors (Lipinski definition) is 7. The minimum atomic E-state index is -0.581. The predicted octanol–water partition coefficient (Wildman–Crippen LogP) is 1.75. The molecule has 8 heteroatoms. The molecule has 8 nitrogen and oxygen atoms in total. The van der Waals surface area contributed by atoms with Gasteiger partial charge in [0.1, 0.15) is 0 Å². The van der Waals surface area contributed by atoms with Crippen LogP contribution in [0, 0.1) is 0 Å². The van der Waals surface area contributed by atoms with Crippen LogP contribution < -0.4 is 5.32 Å². The molecule has 1 aromatic heterocycles. The van der Waals surface area contributed by atoms with Gasteiger partial charge >= 0.3 is 5.97 Å². The molecule has 0 radical (unpaired) electrons. The first-order valence-corrected chi connectivity index (χ1v) is 8.98. The summed E-state index contributed by atoms with van der Waals surface area (Å²) in [5.41, 5.74) is 0.865. The Labute approximate surface area is 163 Å². The number of benzene rings is 1. The van der Waals surface area contributed by atoms with Crippen molar-refractivity contribution in [3.8, 4) is 0 Å². The van der Waals surface area contributed by atoms with E-state index < -0.39 is 11.9 Å². The van der Waals surface area contributed by atoms with Crippen LogP contribution in [0.3, 0.4) is 0 Å². The number of anilines is 1. The number of piperazine rings is 1. The molecule has 2 aromatic rings. The fraction of sp³-hybridized carbons (Fsp3) is 0.350. The maximum Gasteiger partial charge on any atom is 0.337 e. The molecule has 1 N–H and O–H groups in total. The second-order valence-electron chi connectivity index (χ2n) is 6.72. The van der Waals surface area contributed by atoms with Gasteiger partial charge in [0.05, 0.1) is 25.5 Å². The molecule has 1 aliphatic rings. The molecule has 148 valence electrons. The van der Waals surface area contributed by atoms with Gasteiger partial charge in [0.25, 0.3) is 5.91 Å². The third kappa shape index (κ3) is 4.85. The van der Waals surface area contributed by atoms with Gasteiger partial charge in [0, 0.05) is 37.4 Å². The molecule has 0 aliphatic carbocycles. The second kappa shape index (κ2) is 8.81. The summed E-state index contributed by atoms with van der Waals surface area (Å²) >= 11 is 0. The van der Waals surface area contributed by atoms with E-state index in [2.05, 4.69) is 15.1 Å². The van der Waals surface area contributed by atoms with E-state index in [4.69, 9.17) is 9.15 Å². The molecule has 1 aromatic carbocycles. The minimum absolute atomic E-state index is 0.121. The number of nitrogens with one attached hydrogen (secondary N) is 1. The average molecular weight is 385 g/mol. The highest BCUT2D eigenvalue weighted by molar-refractivity contribution is 6.05. The Kier molecular flexibility index (Phi) is 6.23. The Hall–Kier alpha value is -2.97. The van der Waals surface area contributed by atoms with Crippen LogP contribution in [0.2, 0.25) is 0 Å². The van der Waals surface area contributed by atoms with E-state index in [1.807, 2.05) is 7.05 Å². The van der Waals surface area contributed by atoms with Crippen molar-refractivity contribution in [2.45, 2.75) is 0 Å². The topological polar surface area (TPSA) is 92.1 Å². The third-order valence-electron chi connectivity index (χ3n) is 4.64. The molecule has 28 heavy (non-hydrogen) atoms. The van der Waals surface area contributed by atoms with Gasteiger partial charge in [-0.05, 0) is 37.4 Å². The minimum Gasteiger partial charge on any atom is -0.465 e. The normalized spacial score (nSPS) is 15.2. The predicted molar refractivity (Wildman–Crippen MR) is 103 cm³/mol. The van der Waals surface area contributed by atoms with Crippen LogP contribution >= 0.6 is 0 Å². The maximum absolute atomic E-state index is 12.8. The van der Waals surface area contributed by atoms with E-state index in [0.717, 1.165) is 26.2 Å². The summed E-state index contributed by atoms with van der Waals surface area (Å²) in [6.07, 6.45) is 1.39. The number of ketones is 1. The maximum atomic E-state index is 12.8. The SMILES string of the molecule is COC(=O)c1cc(NC(=O)c2ccco2)cc(C(=O)CN2CCN(C)CC2)c1. The zero-order valence-electron chi connectivity index (χ0n) is 15.9. The number of amides is 1. The third-order valence-corrected chi connectivity index (χ3v) is 4.64. The van der Waals surface area contributed by atoms with E-state index in [1.54, 1.807) is 12.1 Å². The molecule has 1 amide bonds. The van der Waals surface area contributed by atoms with E-state index in [0.29, 0.717) is 11.3 Å². The number of hydrogen-bond donors (Lipinski definition) is 1. The van der Waals surface area contributed by atoms with Gasteiger partial charge in [-0.1, -0.05) is 0 Å². The Morgan fingerprint density at radius 1 is 1.11 bits per heavy atom. The summed E-state index contributed by atoms with van der Waals surface area (Å²) in [5.74, 6) is -1.04. The van der Waals surface area contributed by atoms with E-state index >= 15 is 0 Å². The molecule has 1 saturated heterocycles. The number of methoxy groups -OCH3 is 1. The first-order chi connectivity index (χ1) is 13.5. The lowest BCUT2D eigenvalue weighted by Gasteiger charge is -2.31. The number of furan rings is 1. The number of likely N-dealkylation sites (N-methyl/N-ethyl adjacent to an activating group) is 1. The number of carbonyl (C=O) groups is 3. The van der Waals surface area contributed by atoms with Gasteiger partial charge in [0.15, 0.2) is 11.5 Å². The Bertz CT molecular complexity index is 855. The fourth-order valence-electron chi connectivity index (χ4n) is 3.00. The van der Waals surface area contributed by atoms with Crippen LogP contribution in [0.15, 0.2) is 41.0 Å². The fourth-order valence-corrected chi connectivity index (χ4v) is 3.00. The van der Waals surface area contributed by atoms with Crippen molar-refractivity contribution in [3.63, 3.8) is 0 Å². The van der Waals surface area contributed by atoms with Gasteiger partial charge < -0.3 is 19.4 Å². The van der Waals surface area contributed by atoms with E-state index in [-0.39, 0.29) is 23.7 Å². The highest BCUT2D eigenvalue weighted by Gasteiger charge is 2.20. The number of esters is 1. The summed E-state index contributed by atoms with van der Waals surface area (Å²) in [7, 11) is 3.31. The zero-order chi connectivity index (χ0) is 20.1. The molecule has 1 fully saturated rings. The van der Waals surface area contributed by atoms with Crippen LogP contribution in [0.4, 0.5) is 5.69 Å². The summed E-state index contributed by atoms with van der Waals surface area (Å²) in [5, 5.41) is 2.66. The molecule has 1 aliphatic heterocycles. The van der Waals surface area contributed by atoms with Crippen LogP contribution in [-0.2, 0) is 4.74 Å². The molecule has 0 atom stereocenters. The quantitative estimate of drug-likeness (QED) is 0.598. The first kappa shape index (κ1) is 19.8. The Morgan fingerprint density at radius 3 is 2.46 bits per heavy atom. The number of rotatable bonds is 6. The van der Waals surface area contributed by atoms with Crippen LogP contribution in [0.5, 0.6) is 0 Å². The van der Waals surface area contributed by atoms with Crippen LogP contribution in [-0.4, -0.2) is 74.3 Å². The molecule has 0 spiro atoms. The molecule has 0 saturated carbocycles. The summed E-state index contributed by atoms with van der Waals surface area (Å²) in [6, 6.07) is 7.65. The lowest BCUT2D eigenvalue weighted by Crippen LogP contribution is -2.46. The van der Waals surface area contributed by atoms with Crippen LogP contribution in [0.25, 0.3) is 0 Å². The number of Topliss-reactive ketones (excluding diaryl/α,β-unsaturated/α-hetero) is 1. The standard InChI is InChI=1S/C20H23N3O5/c1-22-5-7-23(8-6-22)13-17(24)14-10-15(20(26)27-2)12-16(11-14)21-19(25)18-4-3-9-28-18/h3-4,9-12H,5-8,13H2,1-2H3,(H,21,25). The van der Waals surface area contributed by atoms with Crippen molar-refractivity contribution >= 4 is 23.3 Å². The summed E-state index contributed by atoms with van der Waals surface area (Å²) < 4.78 is 9.84. The van der Waals surface area contributed by atoms with Crippen LogP contribution in [0.1, 0.15) is 31.3 Å². The highest BCUT2D eigenvalue weighted by atomic mass is 16.5. The van der Waals surface area contributed by atoms with Gasteiger partial charge in [-0.25, -0.2) is 4.79 Å². The van der Waals surface area contributed by atoms with Crippen molar-refractivity contribution in [1.82, 2.24) is 9.80 Å². The Morgan fingerprint density at radius 2 is 1.82 bits per heavy atom. The Balaban J connectivity index is 1.80. The van der Waals surface area contributed by atoms with Gasteiger partial charge in [-0.3, -0.25) is 14.5 Å². The monoisotopic (exact) mass is 385 g/mol. The average Bonchev–Trinajstić information content (AvgIpc) is 3.24. The molecular weight excluding hydrogens is 362 g/mol. The number of ether oxygens (including phenoxy) is 1. The summed E-state index contributed by atoms with van der Waals surface area (Å²) in [4.78, 5) is 41.3. The van der Waals surface area contributed by atoms with E-state index in [1.165, 1.54) is 31.6 Å². The van der Waals surface area contributed by atoms with E-state index in [9.17, 15) is 14.4 Å². The van der Waals surface area contributed by atoms with Gasteiger partial charge in [-0.15, -0.1) is 0 Å². The largest absolute Gasteiger partial charge is 0.465 e. The highest BCUT2D eigenvalue weighted by Crippen LogP contribution is 2.18. The van der Waals surface area contributed by atoms with Gasteiger partial charge in [-0.2, -0.15) is 0 Å². The smallest absolute Gasteiger partial charge is 0.337 e. The molecule has 3 rings (SSSR count). The van der Waals surface area contributed by atoms with Crippen molar-refractivity contribution < 1.29 is 23.5 Å². The molecule has 2 heterocycles. The van der Waals surface area contributed by atoms with Crippen molar-refractivity contribution in [1.29, 1.82) is 0 Å². The van der Waals surface area contributed by atoms with Crippen molar-refractivity contribution in [2.24, 2.45) is 0 Å². The molecular formula is C20H23N3O5. The first-order valence-electron chi connectivity index (χ1n) is 8.98. The molecule has 0 unspecified atom stereocenters. The summed E-state index contributed by atoms with van der Waals surface area (Å²) in [6.45, 7) is 3.67. The molecule has 0 bridgehead atoms. The van der Waals surface area contributed by atoms with Crippen molar-refractivity contribution in [2.75, 3.05) is 52.2 Å². The lowest BCUT2D eigenvalue weighted by atomic mass is 10.0.